The summed E-state index contributed by atoms with van der Waals surface area (Å²) in [6, 6.07) is 5.06. The van der Waals surface area contributed by atoms with E-state index in [4.69, 9.17) is 5.73 Å². The molecule has 2 heterocycles. The number of nitrogens with one attached hydrogen (secondary N) is 1. The van der Waals surface area contributed by atoms with E-state index in [1.807, 2.05) is 32.0 Å². The largest absolute Gasteiger partial charge is 0.390 e. The fraction of sp³-hybridized carbons (Fsp3) is 0.718. The van der Waals surface area contributed by atoms with Gasteiger partial charge in [0.05, 0.1) is 30.3 Å². The summed E-state index contributed by atoms with van der Waals surface area (Å²) in [6.45, 7) is 4.85. The minimum Gasteiger partial charge on any atom is -0.390 e. The fourth-order valence-corrected chi connectivity index (χ4v) is 8.27. The molecule has 4 atom stereocenters. The molecule has 12 heteroatoms. The molecule has 0 saturated heterocycles. The van der Waals surface area contributed by atoms with Gasteiger partial charge < -0.3 is 31.1 Å². The second kappa shape index (κ2) is 20.8. The molecule has 4 rings (SSSR count). The first-order valence-electron chi connectivity index (χ1n) is 19.3. The van der Waals surface area contributed by atoms with Crippen LogP contribution in [0.5, 0.6) is 0 Å². The topological polar surface area (TPSA) is 162 Å². The SMILES string of the molecule is CC(C)C[C@H](O)[C@H](O)[C@H](CC1CCCCC1)NC(=O)[C@@H](CC(=O)N(CCC1CCCC1)CC(=O)N(C)CCc1ccccn1)Cc1csc(N)n1. The van der Waals surface area contributed by atoms with Crippen LogP contribution in [0.25, 0.3) is 0 Å². The standard InChI is InChI=1S/C39H62N6O5S/c1-27(2)21-34(46)37(49)33(22-29-13-5-4-6-14-29)43-38(50)30(23-32-26-51-39(40)42-32)24-35(47)45(20-16-28-11-7-8-12-28)25-36(48)44(3)19-17-31-15-9-10-18-41-31/h9-10,15,18,26-30,33-34,37,46,49H,4-8,11-14,16-17,19-25H2,1-3H3,(H2,40,42)(H,43,50)/t30-,33+,34+,37-/m1/s1. The maximum Gasteiger partial charge on any atom is 0.241 e. The number of aliphatic hydroxyl groups excluding tert-OH is 2. The van der Waals surface area contributed by atoms with E-state index in [-0.39, 0.29) is 43.0 Å². The van der Waals surface area contributed by atoms with E-state index in [1.54, 1.807) is 28.4 Å². The average Bonchev–Trinajstić information content (AvgIpc) is 3.80. The lowest BCUT2D eigenvalue weighted by Crippen LogP contribution is -2.52. The number of rotatable bonds is 20. The number of aliphatic hydroxyl groups is 2. The van der Waals surface area contributed by atoms with Gasteiger partial charge in [-0.15, -0.1) is 11.3 Å². The third-order valence-corrected chi connectivity index (χ3v) is 11.5. The highest BCUT2D eigenvalue weighted by molar-refractivity contribution is 7.13. The zero-order chi connectivity index (χ0) is 36.8. The molecule has 2 aliphatic carbocycles. The molecule has 2 aromatic rings. The maximum atomic E-state index is 14.2. The molecule has 0 unspecified atom stereocenters. The van der Waals surface area contributed by atoms with Gasteiger partial charge in [-0.1, -0.05) is 77.7 Å². The summed E-state index contributed by atoms with van der Waals surface area (Å²) in [7, 11) is 1.75. The molecule has 2 saturated carbocycles. The van der Waals surface area contributed by atoms with E-state index in [1.165, 1.54) is 30.6 Å². The number of carbonyl (C=O) groups excluding carboxylic acids is 3. The van der Waals surface area contributed by atoms with Crippen LogP contribution < -0.4 is 11.1 Å². The van der Waals surface area contributed by atoms with Gasteiger partial charge in [0.25, 0.3) is 0 Å². The van der Waals surface area contributed by atoms with E-state index < -0.39 is 24.2 Å². The van der Waals surface area contributed by atoms with Crippen molar-refractivity contribution in [1.82, 2.24) is 25.1 Å². The molecule has 2 fully saturated rings. The van der Waals surface area contributed by atoms with Crippen LogP contribution in [0, 0.1) is 23.7 Å². The summed E-state index contributed by atoms with van der Waals surface area (Å²) in [5.74, 6) is -0.535. The number of carbonyl (C=O) groups is 3. The monoisotopic (exact) mass is 726 g/mol. The quantitative estimate of drug-likeness (QED) is 0.148. The average molecular weight is 727 g/mol. The molecule has 0 aliphatic heterocycles. The van der Waals surface area contributed by atoms with E-state index in [9.17, 15) is 24.6 Å². The zero-order valence-corrected chi connectivity index (χ0v) is 31.9. The highest BCUT2D eigenvalue weighted by atomic mass is 32.1. The smallest absolute Gasteiger partial charge is 0.241 e. The molecule has 284 valence electrons. The van der Waals surface area contributed by atoms with Crippen LogP contribution in [0.1, 0.15) is 109 Å². The Morgan fingerprint density at radius 3 is 2.33 bits per heavy atom. The van der Waals surface area contributed by atoms with E-state index >= 15 is 0 Å². The number of pyridine rings is 1. The number of thiazole rings is 1. The van der Waals surface area contributed by atoms with Crippen LogP contribution in [0.4, 0.5) is 5.13 Å². The van der Waals surface area contributed by atoms with Gasteiger partial charge >= 0.3 is 0 Å². The predicted octanol–water partition coefficient (Wildman–Crippen LogP) is 5.00. The van der Waals surface area contributed by atoms with Gasteiger partial charge in [-0.2, -0.15) is 0 Å². The number of nitrogens with two attached hydrogens (primary N) is 1. The summed E-state index contributed by atoms with van der Waals surface area (Å²) < 4.78 is 0. The molecule has 11 nitrogen and oxygen atoms in total. The Morgan fingerprint density at radius 1 is 0.980 bits per heavy atom. The number of hydrogen-bond acceptors (Lipinski definition) is 9. The maximum absolute atomic E-state index is 14.2. The number of likely N-dealkylation sites (N-methyl/N-ethyl adjacent to an activating group) is 1. The molecule has 0 radical (unpaired) electrons. The van der Waals surface area contributed by atoms with Gasteiger partial charge in [0.1, 0.15) is 6.10 Å². The lowest BCUT2D eigenvalue weighted by atomic mass is 9.82. The number of amides is 3. The van der Waals surface area contributed by atoms with Crippen molar-refractivity contribution in [2.24, 2.45) is 23.7 Å². The van der Waals surface area contributed by atoms with Crippen molar-refractivity contribution in [2.75, 3.05) is 32.4 Å². The Labute approximate surface area is 308 Å². The van der Waals surface area contributed by atoms with Crippen LogP contribution in [0.3, 0.4) is 0 Å². The first kappa shape index (κ1) is 40.7. The summed E-state index contributed by atoms with van der Waals surface area (Å²) in [5, 5.41) is 27.6. The molecular weight excluding hydrogens is 665 g/mol. The van der Waals surface area contributed by atoms with E-state index in [0.29, 0.717) is 55.0 Å². The third-order valence-electron chi connectivity index (χ3n) is 10.8. The minimum absolute atomic E-state index is 0.0628. The summed E-state index contributed by atoms with van der Waals surface area (Å²) in [4.78, 5) is 53.9. The van der Waals surface area contributed by atoms with Crippen LogP contribution in [0.2, 0.25) is 0 Å². The van der Waals surface area contributed by atoms with Gasteiger partial charge in [-0.25, -0.2) is 4.98 Å². The molecule has 3 amide bonds. The zero-order valence-electron chi connectivity index (χ0n) is 31.0. The van der Waals surface area contributed by atoms with Crippen molar-refractivity contribution in [3.63, 3.8) is 0 Å². The Balaban J connectivity index is 1.50. The number of hydrogen-bond donors (Lipinski definition) is 4. The van der Waals surface area contributed by atoms with Crippen molar-refractivity contribution in [3.05, 3.63) is 41.2 Å². The highest BCUT2D eigenvalue weighted by Gasteiger charge is 2.34. The number of nitrogen functional groups attached to an aromatic ring is 1. The number of nitrogens with zero attached hydrogens (tertiary/aromatic N) is 4. The minimum atomic E-state index is -1.13. The van der Waals surface area contributed by atoms with Crippen molar-refractivity contribution in [3.8, 4) is 0 Å². The van der Waals surface area contributed by atoms with Crippen LogP contribution in [0.15, 0.2) is 29.8 Å². The molecule has 5 N–H and O–H groups in total. The molecule has 2 aromatic heterocycles. The van der Waals surface area contributed by atoms with Crippen LogP contribution in [-0.4, -0.2) is 92.6 Å². The molecule has 0 bridgehead atoms. The van der Waals surface area contributed by atoms with Gasteiger partial charge in [-0.05, 0) is 49.1 Å². The Kier molecular flexibility index (Phi) is 16.6. The third kappa shape index (κ3) is 13.8. The molecule has 0 aromatic carbocycles. The Bertz CT molecular complexity index is 1350. The lowest BCUT2D eigenvalue weighted by molar-refractivity contribution is -0.142. The van der Waals surface area contributed by atoms with Crippen molar-refractivity contribution in [1.29, 1.82) is 0 Å². The van der Waals surface area contributed by atoms with Crippen molar-refractivity contribution in [2.45, 2.75) is 128 Å². The van der Waals surface area contributed by atoms with Gasteiger partial charge in [0, 0.05) is 56.7 Å². The normalized spacial score (nSPS) is 17.9. The van der Waals surface area contributed by atoms with Crippen LogP contribution in [-0.2, 0) is 27.2 Å². The lowest BCUT2D eigenvalue weighted by Gasteiger charge is -2.34. The van der Waals surface area contributed by atoms with E-state index in [0.717, 1.165) is 50.6 Å². The second-order valence-electron chi connectivity index (χ2n) is 15.5. The van der Waals surface area contributed by atoms with Gasteiger partial charge in [0.15, 0.2) is 5.13 Å². The summed E-state index contributed by atoms with van der Waals surface area (Å²) in [5.41, 5.74) is 7.46. The Morgan fingerprint density at radius 2 is 1.69 bits per heavy atom. The van der Waals surface area contributed by atoms with Crippen molar-refractivity contribution < 1.29 is 24.6 Å². The number of aromatic nitrogens is 2. The summed E-state index contributed by atoms with van der Waals surface area (Å²) in [6.07, 6.45) is 12.2. The Hall–Kier alpha value is -3.09. The van der Waals surface area contributed by atoms with E-state index in [2.05, 4.69) is 15.3 Å². The molecule has 2 aliphatic rings. The van der Waals surface area contributed by atoms with Gasteiger partial charge in [-0.3, -0.25) is 19.4 Å². The molecule has 51 heavy (non-hydrogen) atoms. The van der Waals surface area contributed by atoms with Gasteiger partial charge in [0.2, 0.25) is 17.7 Å². The second-order valence-corrected chi connectivity index (χ2v) is 16.4. The first-order valence-corrected chi connectivity index (χ1v) is 20.1. The molecular formula is C39H62N6O5S. The number of anilines is 1. The highest BCUT2D eigenvalue weighted by Crippen LogP contribution is 2.30. The summed E-state index contributed by atoms with van der Waals surface area (Å²) >= 11 is 1.28. The van der Waals surface area contributed by atoms with Crippen molar-refractivity contribution >= 4 is 34.2 Å². The van der Waals surface area contributed by atoms with Crippen LogP contribution >= 0.6 is 11.3 Å². The fourth-order valence-electron chi connectivity index (χ4n) is 7.69. The molecule has 0 spiro atoms. The first-order chi connectivity index (χ1) is 24.5. The predicted molar refractivity (Wildman–Crippen MR) is 202 cm³/mol.